The number of methoxy groups -OCH3 is 3. The van der Waals surface area contributed by atoms with E-state index < -0.39 is 66.4 Å². The molecule has 16 nitrogen and oxygen atoms in total. The zero-order chi connectivity index (χ0) is 46.2. The molecule has 1 aromatic carbocycles. The molecule has 20 heteroatoms. The van der Waals surface area contributed by atoms with Gasteiger partial charge < -0.3 is 49.6 Å². The summed E-state index contributed by atoms with van der Waals surface area (Å²) in [6, 6.07) is 8.09. The fourth-order valence-corrected chi connectivity index (χ4v) is 7.41. The van der Waals surface area contributed by atoms with Crippen molar-refractivity contribution in [2.24, 2.45) is 11.8 Å². The van der Waals surface area contributed by atoms with Crippen LogP contribution in [0.3, 0.4) is 0 Å². The Hall–Kier alpha value is -4.37. The van der Waals surface area contributed by atoms with Crippen molar-refractivity contribution in [3.63, 3.8) is 0 Å². The lowest BCUT2D eigenvalue weighted by atomic mass is 9.90. The second kappa shape index (κ2) is 24.3. The van der Waals surface area contributed by atoms with Gasteiger partial charge in [-0.3, -0.25) is 14.4 Å². The van der Waals surface area contributed by atoms with Crippen LogP contribution in [0, 0.1) is 11.8 Å². The summed E-state index contributed by atoms with van der Waals surface area (Å²) in [5.74, 6) is -4.08. The molecular weight excluding hydrogens is 828 g/mol. The molecule has 3 rings (SSSR count). The molecule has 1 fully saturated rings. The third-order valence-electron chi connectivity index (χ3n) is 9.90. The van der Waals surface area contributed by atoms with E-state index in [1.807, 2.05) is 63.4 Å². The zero-order valence-corrected chi connectivity index (χ0v) is 37.4. The molecule has 0 spiro atoms. The average Bonchev–Trinajstić information content (AvgIpc) is 3.86. The molecule has 1 saturated heterocycles. The first-order valence-corrected chi connectivity index (χ1v) is 20.7. The minimum Gasteiger partial charge on any atom is -0.475 e. The standard InChI is InChI=1S/C39H61N5O9S.C2HF3O2/c1-12-24(4)31(44(8)37(47)30(23(2)3)43-38(48)53-39(5,6)7)27(49-9)21-29(45)41-22-28-32(50-10)33(51-11)34(52-28)35(46)42-26(36-40-18-19-54-36)20-25-16-14-13-15-17-25;3-2(4,5)1(6)7/h13-19,23-24,26-28,30-34H,12,20-22H2,1-11H3,(H,41,45)(H,42,46)(H,43,48);(H,6,7)/t24-,26-,27-,28+,30-,31-,32+,33-,34-;/m0./s1. The van der Waals surface area contributed by atoms with Crippen molar-refractivity contribution in [2.75, 3.05) is 34.9 Å². The van der Waals surface area contributed by atoms with E-state index in [2.05, 4.69) is 20.9 Å². The maximum atomic E-state index is 13.9. The van der Waals surface area contributed by atoms with E-state index in [0.717, 1.165) is 10.6 Å². The van der Waals surface area contributed by atoms with Crippen molar-refractivity contribution in [2.45, 2.75) is 128 Å². The number of carbonyl (C=O) groups is 5. The minimum atomic E-state index is -5.08. The molecule has 1 aromatic heterocycles. The summed E-state index contributed by atoms with van der Waals surface area (Å²) in [6.45, 7) is 13.0. The van der Waals surface area contributed by atoms with Crippen molar-refractivity contribution in [3.05, 3.63) is 52.5 Å². The SMILES string of the molecule is CC[C@H](C)[C@@H]([C@H](CC(=O)NC[C@H]1O[C@H](C(=O)N[C@@H](Cc2ccccc2)c2nccs2)[C@@H](OC)[C@@H]1OC)OC)N(C)C(=O)[C@@H](NC(=O)OC(C)(C)C)C(C)C.O=C(O)C(F)(F)F. The molecule has 0 unspecified atom stereocenters. The summed E-state index contributed by atoms with van der Waals surface area (Å²) in [5.41, 5.74) is 0.313. The van der Waals surface area contributed by atoms with Crippen molar-refractivity contribution in [3.8, 4) is 0 Å². The second-order valence-corrected chi connectivity index (χ2v) is 16.8. The normalized spacial score (nSPS) is 20.2. The number of ether oxygens (including phenoxy) is 5. The number of aliphatic carboxylic acids is 1. The Bertz CT molecular complexity index is 1680. The third kappa shape index (κ3) is 16.4. The number of carboxylic acid groups (broad SMARTS) is 1. The maximum Gasteiger partial charge on any atom is 0.490 e. The third-order valence-corrected chi connectivity index (χ3v) is 10.8. The Labute approximate surface area is 359 Å². The topological polar surface area (TPSA) is 204 Å². The number of thiazole rings is 1. The number of halogens is 3. The molecule has 4 amide bonds. The predicted molar refractivity (Wildman–Crippen MR) is 220 cm³/mol. The monoisotopic (exact) mass is 889 g/mol. The minimum absolute atomic E-state index is 0.0370. The van der Waals surface area contributed by atoms with Crippen LogP contribution in [0.5, 0.6) is 0 Å². The molecule has 61 heavy (non-hydrogen) atoms. The van der Waals surface area contributed by atoms with Crippen LogP contribution < -0.4 is 16.0 Å². The van der Waals surface area contributed by atoms with Gasteiger partial charge in [0.25, 0.3) is 5.91 Å². The van der Waals surface area contributed by atoms with E-state index in [-0.39, 0.29) is 48.6 Å². The predicted octanol–water partition coefficient (Wildman–Crippen LogP) is 4.92. The van der Waals surface area contributed by atoms with Gasteiger partial charge in [-0.25, -0.2) is 14.6 Å². The van der Waals surface area contributed by atoms with Crippen molar-refractivity contribution in [1.82, 2.24) is 25.8 Å². The summed E-state index contributed by atoms with van der Waals surface area (Å²) in [6.07, 6.45) is -6.67. The number of rotatable bonds is 19. The highest BCUT2D eigenvalue weighted by Gasteiger charge is 2.49. The van der Waals surface area contributed by atoms with Crippen molar-refractivity contribution >= 4 is 41.1 Å². The van der Waals surface area contributed by atoms with Gasteiger partial charge in [0, 0.05) is 46.5 Å². The number of alkyl halides is 3. The lowest BCUT2D eigenvalue weighted by Gasteiger charge is -2.39. The van der Waals surface area contributed by atoms with E-state index >= 15 is 0 Å². The molecular formula is C41H62F3N5O11S. The molecule has 0 radical (unpaired) electrons. The van der Waals surface area contributed by atoms with Crippen LogP contribution in [0.25, 0.3) is 0 Å². The fraction of sp³-hybridized carbons (Fsp3) is 0.659. The molecule has 2 aromatic rings. The van der Waals surface area contributed by atoms with Crippen LogP contribution in [-0.2, 0) is 49.3 Å². The smallest absolute Gasteiger partial charge is 0.475 e. The number of likely N-dealkylation sites (N-methyl/N-ethyl adjacent to an activating group) is 1. The second-order valence-electron chi connectivity index (χ2n) is 15.9. The molecule has 1 aliphatic rings. The number of carboxylic acids is 1. The van der Waals surface area contributed by atoms with E-state index in [9.17, 15) is 32.3 Å². The van der Waals surface area contributed by atoms with Crippen LogP contribution in [0.2, 0.25) is 0 Å². The Kier molecular flexibility index (Phi) is 21.0. The number of benzene rings is 1. The Morgan fingerprint density at radius 3 is 2.07 bits per heavy atom. The molecule has 0 bridgehead atoms. The van der Waals surface area contributed by atoms with Gasteiger partial charge in [0.05, 0.1) is 24.6 Å². The van der Waals surface area contributed by atoms with Crippen LogP contribution in [0.4, 0.5) is 18.0 Å². The quantitative estimate of drug-likeness (QED) is 0.149. The lowest BCUT2D eigenvalue weighted by Crippen LogP contribution is -2.57. The number of carbonyl (C=O) groups excluding carboxylic acids is 4. The number of aromatic nitrogens is 1. The van der Waals surface area contributed by atoms with E-state index in [4.69, 9.17) is 33.6 Å². The molecule has 9 atom stereocenters. The van der Waals surface area contributed by atoms with Gasteiger partial charge >= 0.3 is 18.2 Å². The average molecular weight is 890 g/mol. The fourth-order valence-electron chi connectivity index (χ4n) is 6.72. The van der Waals surface area contributed by atoms with Gasteiger partial charge in [-0.2, -0.15) is 13.2 Å². The maximum absolute atomic E-state index is 13.9. The largest absolute Gasteiger partial charge is 0.490 e. The highest BCUT2D eigenvalue weighted by molar-refractivity contribution is 7.09. The van der Waals surface area contributed by atoms with E-state index in [1.165, 1.54) is 32.7 Å². The van der Waals surface area contributed by atoms with Gasteiger partial charge in [-0.1, -0.05) is 64.4 Å². The van der Waals surface area contributed by atoms with Gasteiger partial charge in [-0.15, -0.1) is 11.3 Å². The van der Waals surface area contributed by atoms with Crippen molar-refractivity contribution < 1.29 is 65.9 Å². The van der Waals surface area contributed by atoms with Gasteiger partial charge in [-0.05, 0) is 44.6 Å². The van der Waals surface area contributed by atoms with Crippen LogP contribution in [-0.4, -0.2) is 134 Å². The number of hydrogen-bond acceptors (Lipinski definition) is 12. The highest BCUT2D eigenvalue weighted by atomic mass is 32.1. The van der Waals surface area contributed by atoms with Gasteiger partial charge in [0.2, 0.25) is 11.8 Å². The van der Waals surface area contributed by atoms with E-state index in [1.54, 1.807) is 38.9 Å². The first kappa shape index (κ1) is 52.8. The Balaban J connectivity index is 0.00000168. The number of hydrogen-bond donors (Lipinski definition) is 4. The molecule has 0 saturated carbocycles. The molecule has 1 aliphatic heterocycles. The molecule has 344 valence electrons. The number of amides is 4. The van der Waals surface area contributed by atoms with Crippen LogP contribution >= 0.6 is 11.3 Å². The molecule has 4 N–H and O–H groups in total. The summed E-state index contributed by atoms with van der Waals surface area (Å²) >= 11 is 1.46. The summed E-state index contributed by atoms with van der Waals surface area (Å²) in [5, 5.41) is 18.5. The van der Waals surface area contributed by atoms with Gasteiger partial charge in [0.15, 0.2) is 6.10 Å². The summed E-state index contributed by atoms with van der Waals surface area (Å²) in [7, 11) is 6.18. The zero-order valence-electron chi connectivity index (χ0n) is 36.6. The lowest BCUT2D eigenvalue weighted by molar-refractivity contribution is -0.192. The van der Waals surface area contributed by atoms with Crippen molar-refractivity contribution in [1.29, 1.82) is 0 Å². The molecule has 0 aliphatic carbocycles. The Morgan fingerprint density at radius 2 is 1.59 bits per heavy atom. The van der Waals surface area contributed by atoms with Crippen LogP contribution in [0.1, 0.15) is 77.9 Å². The first-order chi connectivity index (χ1) is 28.5. The van der Waals surface area contributed by atoms with Gasteiger partial charge in [0.1, 0.15) is 35.0 Å². The number of nitrogens with zero attached hydrogens (tertiary/aromatic N) is 2. The Morgan fingerprint density at radius 1 is 0.984 bits per heavy atom. The highest BCUT2D eigenvalue weighted by Crippen LogP contribution is 2.29. The molecule has 2 heterocycles. The number of alkyl carbamates (subject to hydrolysis) is 1. The summed E-state index contributed by atoms with van der Waals surface area (Å²) in [4.78, 5) is 68.8. The summed E-state index contributed by atoms with van der Waals surface area (Å²) < 4.78 is 60.8. The van der Waals surface area contributed by atoms with Crippen LogP contribution in [0.15, 0.2) is 41.9 Å². The van der Waals surface area contributed by atoms with E-state index in [0.29, 0.717) is 12.8 Å². The number of nitrogens with one attached hydrogen (secondary N) is 3. The first-order valence-electron chi connectivity index (χ1n) is 19.8.